The van der Waals surface area contributed by atoms with Crippen LogP contribution in [0.1, 0.15) is 47.0 Å². The van der Waals surface area contributed by atoms with Crippen LogP contribution < -0.4 is 0 Å². The molecule has 86 valence electrons. The summed E-state index contributed by atoms with van der Waals surface area (Å²) in [7, 11) is 0. The van der Waals surface area contributed by atoms with Gasteiger partial charge in [0.15, 0.2) is 0 Å². The van der Waals surface area contributed by atoms with E-state index in [-0.39, 0.29) is 6.61 Å². The van der Waals surface area contributed by atoms with Crippen molar-refractivity contribution in [1.82, 2.24) is 0 Å². The molecule has 0 heterocycles. The fourth-order valence-corrected chi connectivity index (χ4v) is 2.22. The minimum atomic E-state index is 0.218. The Bertz CT molecular complexity index is 265. The third kappa shape index (κ3) is 2.72. The molecule has 1 rings (SSSR count). The highest BCUT2D eigenvalue weighted by Crippen LogP contribution is 2.44. The van der Waals surface area contributed by atoms with Crippen LogP contribution in [0.15, 0.2) is 23.3 Å². The molecule has 0 bridgehead atoms. The van der Waals surface area contributed by atoms with E-state index in [4.69, 9.17) is 5.11 Å². The van der Waals surface area contributed by atoms with Crippen LogP contribution in [0.5, 0.6) is 0 Å². The molecule has 0 aromatic rings. The molecular weight excluding hydrogens is 184 g/mol. The predicted molar refractivity (Wildman–Crippen MR) is 65.7 cm³/mol. The van der Waals surface area contributed by atoms with Gasteiger partial charge in [-0.1, -0.05) is 38.5 Å². The van der Waals surface area contributed by atoms with Crippen molar-refractivity contribution in [2.45, 2.75) is 47.0 Å². The maximum absolute atomic E-state index is 9.10. The number of hydrogen-bond donors (Lipinski definition) is 1. The van der Waals surface area contributed by atoms with Gasteiger partial charge in [0.25, 0.3) is 0 Å². The van der Waals surface area contributed by atoms with E-state index in [1.165, 1.54) is 17.6 Å². The minimum absolute atomic E-state index is 0.218. The fourth-order valence-electron chi connectivity index (χ4n) is 2.22. The maximum atomic E-state index is 9.10. The van der Waals surface area contributed by atoms with Gasteiger partial charge in [-0.15, -0.1) is 0 Å². The Morgan fingerprint density at radius 2 is 2.27 bits per heavy atom. The van der Waals surface area contributed by atoms with Crippen molar-refractivity contribution in [3.05, 3.63) is 23.3 Å². The molecule has 15 heavy (non-hydrogen) atoms. The summed E-state index contributed by atoms with van der Waals surface area (Å²) in [4.78, 5) is 0. The van der Waals surface area contributed by atoms with E-state index in [1.807, 2.05) is 0 Å². The van der Waals surface area contributed by atoms with Crippen LogP contribution in [-0.4, -0.2) is 11.7 Å². The molecular formula is C14H24O. The van der Waals surface area contributed by atoms with E-state index in [0.29, 0.717) is 11.3 Å². The Hall–Kier alpha value is -0.560. The van der Waals surface area contributed by atoms with E-state index >= 15 is 0 Å². The summed E-state index contributed by atoms with van der Waals surface area (Å²) in [6, 6.07) is 0. The highest BCUT2D eigenvalue weighted by molar-refractivity contribution is 5.19. The van der Waals surface area contributed by atoms with Gasteiger partial charge < -0.3 is 5.11 Å². The maximum Gasteiger partial charge on any atom is 0.0641 e. The second-order valence-electron chi connectivity index (χ2n) is 5.15. The van der Waals surface area contributed by atoms with Crippen molar-refractivity contribution in [2.24, 2.45) is 11.3 Å². The Balaban J connectivity index is 2.59. The smallest absolute Gasteiger partial charge is 0.0641 e. The zero-order valence-electron chi connectivity index (χ0n) is 10.5. The Kier molecular flexibility index (Phi) is 4.15. The van der Waals surface area contributed by atoms with Crippen molar-refractivity contribution in [3.8, 4) is 0 Å². The van der Waals surface area contributed by atoms with Crippen LogP contribution >= 0.6 is 0 Å². The first kappa shape index (κ1) is 12.5. The quantitative estimate of drug-likeness (QED) is 0.698. The second-order valence-corrected chi connectivity index (χ2v) is 5.15. The molecule has 0 unspecified atom stereocenters. The lowest BCUT2D eigenvalue weighted by atomic mass is 9.76. The third-order valence-electron chi connectivity index (χ3n) is 4.09. The van der Waals surface area contributed by atoms with Crippen LogP contribution in [0.25, 0.3) is 0 Å². The summed E-state index contributed by atoms with van der Waals surface area (Å²) in [6.45, 7) is 9.21. The molecule has 0 aliphatic heterocycles. The lowest BCUT2D eigenvalue weighted by Crippen LogP contribution is -2.19. The number of rotatable bonds is 4. The molecule has 0 saturated heterocycles. The Labute approximate surface area is 93.9 Å². The van der Waals surface area contributed by atoms with Gasteiger partial charge in [-0.05, 0) is 43.1 Å². The molecule has 1 N–H and O–H groups in total. The third-order valence-corrected chi connectivity index (χ3v) is 4.09. The standard InChI is InChI=1S/C14H24O/c1-5-12(10-15)7-9-13-8-6-11(2)14(13,3)4/h6-7,13,15H,5,8-10H2,1-4H3/b12-7-/t13-/m1/s1. The summed E-state index contributed by atoms with van der Waals surface area (Å²) < 4.78 is 0. The molecule has 0 spiro atoms. The molecule has 0 amide bonds. The summed E-state index contributed by atoms with van der Waals surface area (Å²) in [5.41, 5.74) is 3.03. The fraction of sp³-hybridized carbons (Fsp3) is 0.714. The normalized spacial score (nSPS) is 25.5. The van der Waals surface area contributed by atoms with Gasteiger partial charge in [0.05, 0.1) is 6.61 Å². The lowest BCUT2D eigenvalue weighted by Gasteiger charge is -2.29. The summed E-state index contributed by atoms with van der Waals surface area (Å²) in [5, 5.41) is 9.10. The number of hydrogen-bond acceptors (Lipinski definition) is 1. The van der Waals surface area contributed by atoms with Crippen molar-refractivity contribution in [1.29, 1.82) is 0 Å². The van der Waals surface area contributed by atoms with Crippen LogP contribution in [0.2, 0.25) is 0 Å². The summed E-state index contributed by atoms with van der Waals surface area (Å²) >= 11 is 0. The van der Waals surface area contributed by atoms with Crippen LogP contribution in [-0.2, 0) is 0 Å². The molecule has 0 radical (unpaired) electrons. The molecule has 0 saturated carbocycles. The van der Waals surface area contributed by atoms with Gasteiger partial charge in [0, 0.05) is 0 Å². The van der Waals surface area contributed by atoms with Crippen LogP contribution in [0.3, 0.4) is 0 Å². The molecule has 1 heteroatoms. The molecule has 1 aliphatic rings. The van der Waals surface area contributed by atoms with Crippen molar-refractivity contribution in [3.63, 3.8) is 0 Å². The van der Waals surface area contributed by atoms with Crippen LogP contribution in [0.4, 0.5) is 0 Å². The SMILES string of the molecule is CC/C(=C/C[C@H]1CC=C(C)C1(C)C)CO. The molecule has 0 aromatic heterocycles. The zero-order valence-corrected chi connectivity index (χ0v) is 10.5. The first-order chi connectivity index (χ1) is 7.02. The Morgan fingerprint density at radius 3 is 2.67 bits per heavy atom. The first-order valence-electron chi connectivity index (χ1n) is 5.98. The number of allylic oxidation sites excluding steroid dienone is 3. The number of aliphatic hydroxyl groups is 1. The Morgan fingerprint density at radius 1 is 1.60 bits per heavy atom. The first-order valence-corrected chi connectivity index (χ1v) is 5.98. The van der Waals surface area contributed by atoms with Gasteiger partial charge in [-0.2, -0.15) is 0 Å². The van der Waals surface area contributed by atoms with E-state index in [9.17, 15) is 0 Å². The summed E-state index contributed by atoms with van der Waals surface area (Å²) in [5.74, 6) is 0.714. The van der Waals surface area contributed by atoms with Crippen molar-refractivity contribution < 1.29 is 5.11 Å². The van der Waals surface area contributed by atoms with Gasteiger partial charge in [-0.25, -0.2) is 0 Å². The highest BCUT2D eigenvalue weighted by Gasteiger charge is 2.33. The number of aliphatic hydroxyl groups excluding tert-OH is 1. The zero-order chi connectivity index (χ0) is 11.5. The minimum Gasteiger partial charge on any atom is -0.392 e. The van der Waals surface area contributed by atoms with Gasteiger partial charge in [-0.3, -0.25) is 0 Å². The van der Waals surface area contributed by atoms with E-state index in [2.05, 4.69) is 39.8 Å². The lowest BCUT2D eigenvalue weighted by molar-refractivity contribution is 0.291. The highest BCUT2D eigenvalue weighted by atomic mass is 16.3. The van der Waals surface area contributed by atoms with Crippen molar-refractivity contribution in [2.75, 3.05) is 6.61 Å². The molecule has 0 aromatic carbocycles. The topological polar surface area (TPSA) is 20.2 Å². The van der Waals surface area contributed by atoms with Crippen molar-refractivity contribution >= 4 is 0 Å². The predicted octanol–water partition coefficient (Wildman–Crippen LogP) is 3.70. The largest absolute Gasteiger partial charge is 0.392 e. The summed E-state index contributed by atoms with van der Waals surface area (Å²) in [6.07, 6.45) is 7.86. The second kappa shape index (κ2) is 4.98. The average molecular weight is 208 g/mol. The molecule has 0 fully saturated rings. The van der Waals surface area contributed by atoms with Gasteiger partial charge in [0.1, 0.15) is 0 Å². The average Bonchev–Trinajstić information content (AvgIpc) is 2.45. The molecule has 1 atom stereocenters. The van der Waals surface area contributed by atoms with Crippen LogP contribution in [0, 0.1) is 11.3 Å². The van der Waals surface area contributed by atoms with E-state index in [0.717, 1.165) is 12.8 Å². The van der Waals surface area contributed by atoms with E-state index in [1.54, 1.807) is 0 Å². The van der Waals surface area contributed by atoms with Gasteiger partial charge in [0.2, 0.25) is 0 Å². The van der Waals surface area contributed by atoms with E-state index < -0.39 is 0 Å². The monoisotopic (exact) mass is 208 g/mol. The van der Waals surface area contributed by atoms with Gasteiger partial charge >= 0.3 is 0 Å². The molecule has 1 nitrogen and oxygen atoms in total. The molecule has 1 aliphatic carbocycles.